The summed E-state index contributed by atoms with van der Waals surface area (Å²) in [6.07, 6.45) is 4.95. The first-order chi connectivity index (χ1) is 12.2. The van der Waals surface area contributed by atoms with Crippen LogP contribution in [0.5, 0.6) is 0 Å². The second kappa shape index (κ2) is 8.47. The third-order valence-corrected chi connectivity index (χ3v) is 4.93. The van der Waals surface area contributed by atoms with Crippen molar-refractivity contribution < 1.29 is 9.32 Å². The summed E-state index contributed by atoms with van der Waals surface area (Å²) in [5, 5.41) is 7.09. The number of aromatic nitrogens is 2. The molecule has 6 nitrogen and oxygen atoms in total. The average Bonchev–Trinajstić information content (AvgIpc) is 3.12. The van der Waals surface area contributed by atoms with E-state index in [0.717, 1.165) is 48.7 Å². The zero-order valence-electron chi connectivity index (χ0n) is 14.4. The molecular weight excluding hydrogens is 384 g/mol. The molecular formula is C18H23BrN4O2. The highest BCUT2D eigenvalue weighted by molar-refractivity contribution is 9.10. The van der Waals surface area contributed by atoms with E-state index in [4.69, 9.17) is 4.52 Å². The summed E-state index contributed by atoms with van der Waals surface area (Å²) in [6.45, 7) is 3.53. The van der Waals surface area contributed by atoms with E-state index in [1.54, 1.807) is 0 Å². The molecule has 1 atom stereocenters. The van der Waals surface area contributed by atoms with E-state index in [0.29, 0.717) is 18.3 Å². The number of piperidine rings is 1. The Morgan fingerprint density at radius 1 is 1.36 bits per heavy atom. The SMILES string of the molecule is CCCCNC(=O)N1CCCCC1c1nc(-c2ccc(Br)cc2)no1. The van der Waals surface area contributed by atoms with Crippen molar-refractivity contribution in [2.45, 2.75) is 45.1 Å². The molecule has 1 fully saturated rings. The van der Waals surface area contributed by atoms with Crippen LogP contribution in [0.4, 0.5) is 4.79 Å². The van der Waals surface area contributed by atoms with E-state index < -0.39 is 0 Å². The number of nitrogens with one attached hydrogen (secondary N) is 1. The minimum atomic E-state index is -0.146. The van der Waals surface area contributed by atoms with Gasteiger partial charge in [-0.05, 0) is 49.9 Å². The molecule has 2 aromatic rings. The van der Waals surface area contributed by atoms with Crippen molar-refractivity contribution in [1.82, 2.24) is 20.4 Å². The Labute approximate surface area is 156 Å². The number of unbranched alkanes of at least 4 members (excludes halogenated alkanes) is 1. The van der Waals surface area contributed by atoms with Gasteiger partial charge in [0, 0.05) is 23.1 Å². The van der Waals surface area contributed by atoms with Crippen LogP contribution in [0, 0.1) is 0 Å². The first kappa shape index (κ1) is 17.9. The molecule has 1 aliphatic heterocycles. The first-order valence-electron chi connectivity index (χ1n) is 8.83. The number of amides is 2. The molecule has 0 spiro atoms. The summed E-state index contributed by atoms with van der Waals surface area (Å²) in [5.74, 6) is 1.07. The highest BCUT2D eigenvalue weighted by atomic mass is 79.9. The van der Waals surface area contributed by atoms with Crippen LogP contribution < -0.4 is 5.32 Å². The van der Waals surface area contributed by atoms with Crippen LogP contribution in [0.15, 0.2) is 33.3 Å². The van der Waals surface area contributed by atoms with Gasteiger partial charge in [0.25, 0.3) is 0 Å². The second-order valence-corrected chi connectivity index (χ2v) is 7.17. The summed E-state index contributed by atoms with van der Waals surface area (Å²) in [7, 11) is 0. The summed E-state index contributed by atoms with van der Waals surface area (Å²) in [6, 6.07) is 7.58. The maximum Gasteiger partial charge on any atom is 0.318 e. The van der Waals surface area contributed by atoms with Crippen molar-refractivity contribution in [2.24, 2.45) is 0 Å². The van der Waals surface area contributed by atoms with Gasteiger partial charge in [-0.25, -0.2) is 4.79 Å². The molecule has 25 heavy (non-hydrogen) atoms. The molecule has 1 saturated heterocycles. The van der Waals surface area contributed by atoms with Crippen molar-refractivity contribution in [3.05, 3.63) is 34.6 Å². The molecule has 0 bridgehead atoms. The lowest BCUT2D eigenvalue weighted by molar-refractivity contribution is 0.132. The molecule has 0 aliphatic carbocycles. The number of hydrogen-bond donors (Lipinski definition) is 1. The van der Waals surface area contributed by atoms with E-state index in [1.165, 1.54) is 0 Å². The van der Waals surface area contributed by atoms with Crippen LogP contribution in [-0.2, 0) is 0 Å². The minimum Gasteiger partial charge on any atom is -0.338 e. The fourth-order valence-corrected chi connectivity index (χ4v) is 3.26. The maximum atomic E-state index is 12.5. The molecule has 0 radical (unpaired) electrons. The van der Waals surface area contributed by atoms with Gasteiger partial charge in [-0.2, -0.15) is 4.98 Å². The summed E-state index contributed by atoms with van der Waals surface area (Å²) in [4.78, 5) is 18.9. The van der Waals surface area contributed by atoms with Crippen LogP contribution >= 0.6 is 15.9 Å². The molecule has 1 N–H and O–H groups in total. The third-order valence-electron chi connectivity index (χ3n) is 4.40. The number of hydrogen-bond acceptors (Lipinski definition) is 4. The second-order valence-electron chi connectivity index (χ2n) is 6.25. The van der Waals surface area contributed by atoms with Crippen LogP contribution in [-0.4, -0.2) is 34.2 Å². The van der Waals surface area contributed by atoms with E-state index in [-0.39, 0.29) is 12.1 Å². The van der Waals surface area contributed by atoms with Crippen molar-refractivity contribution in [3.8, 4) is 11.4 Å². The molecule has 1 aromatic carbocycles. The standard InChI is InChI=1S/C18H23BrN4O2/c1-2-3-11-20-18(24)23-12-5-4-6-15(23)17-21-16(22-25-17)13-7-9-14(19)10-8-13/h7-10,15H,2-6,11-12H2,1H3,(H,20,24). The lowest BCUT2D eigenvalue weighted by Crippen LogP contribution is -2.45. The topological polar surface area (TPSA) is 71.3 Å². The number of nitrogens with zero attached hydrogens (tertiary/aromatic N) is 3. The van der Waals surface area contributed by atoms with Gasteiger partial charge in [0.05, 0.1) is 0 Å². The Hall–Kier alpha value is -1.89. The fourth-order valence-electron chi connectivity index (χ4n) is 2.99. The molecule has 3 rings (SSSR count). The molecule has 2 heterocycles. The van der Waals surface area contributed by atoms with E-state index in [9.17, 15) is 4.79 Å². The number of benzene rings is 1. The Kier molecular flexibility index (Phi) is 6.07. The smallest absolute Gasteiger partial charge is 0.318 e. The number of halogens is 1. The number of urea groups is 1. The lowest BCUT2D eigenvalue weighted by atomic mass is 10.0. The first-order valence-corrected chi connectivity index (χ1v) is 9.62. The largest absolute Gasteiger partial charge is 0.338 e. The van der Waals surface area contributed by atoms with Gasteiger partial charge < -0.3 is 14.7 Å². The molecule has 1 aliphatic rings. The van der Waals surface area contributed by atoms with Crippen molar-refractivity contribution in [3.63, 3.8) is 0 Å². The van der Waals surface area contributed by atoms with Gasteiger partial charge in [-0.15, -0.1) is 0 Å². The molecule has 7 heteroatoms. The summed E-state index contributed by atoms with van der Waals surface area (Å²) in [5.41, 5.74) is 0.896. The summed E-state index contributed by atoms with van der Waals surface area (Å²) >= 11 is 3.42. The van der Waals surface area contributed by atoms with E-state index >= 15 is 0 Å². The van der Waals surface area contributed by atoms with Crippen LogP contribution in [0.1, 0.15) is 51.0 Å². The highest BCUT2D eigenvalue weighted by Gasteiger charge is 2.32. The number of carbonyl (C=O) groups excluding carboxylic acids is 1. The van der Waals surface area contributed by atoms with Gasteiger partial charge in [0.2, 0.25) is 11.7 Å². The van der Waals surface area contributed by atoms with Gasteiger partial charge in [-0.1, -0.05) is 34.4 Å². The predicted octanol–water partition coefficient (Wildman–Crippen LogP) is 4.54. The van der Waals surface area contributed by atoms with Gasteiger partial charge in [0.1, 0.15) is 6.04 Å². The Balaban J connectivity index is 1.74. The number of carbonyl (C=O) groups is 1. The van der Waals surface area contributed by atoms with E-state index in [2.05, 4.69) is 38.3 Å². The van der Waals surface area contributed by atoms with Crippen molar-refractivity contribution in [2.75, 3.05) is 13.1 Å². The minimum absolute atomic E-state index is 0.0402. The van der Waals surface area contributed by atoms with Crippen LogP contribution in [0.3, 0.4) is 0 Å². The monoisotopic (exact) mass is 406 g/mol. The zero-order valence-corrected chi connectivity index (χ0v) is 16.0. The molecule has 134 valence electrons. The quantitative estimate of drug-likeness (QED) is 0.739. The Bertz CT molecular complexity index is 701. The maximum absolute atomic E-state index is 12.5. The van der Waals surface area contributed by atoms with Crippen molar-refractivity contribution >= 4 is 22.0 Å². The molecule has 0 saturated carbocycles. The normalized spacial score (nSPS) is 17.5. The molecule has 1 aromatic heterocycles. The third kappa shape index (κ3) is 4.39. The Morgan fingerprint density at radius 2 is 2.16 bits per heavy atom. The predicted molar refractivity (Wildman–Crippen MR) is 99.0 cm³/mol. The average molecular weight is 407 g/mol. The molecule has 1 unspecified atom stereocenters. The van der Waals surface area contributed by atoms with Crippen LogP contribution in [0.2, 0.25) is 0 Å². The summed E-state index contributed by atoms with van der Waals surface area (Å²) < 4.78 is 6.50. The number of likely N-dealkylation sites (tertiary alicyclic amines) is 1. The van der Waals surface area contributed by atoms with Gasteiger partial charge in [0.15, 0.2) is 0 Å². The van der Waals surface area contributed by atoms with Crippen molar-refractivity contribution in [1.29, 1.82) is 0 Å². The zero-order chi connectivity index (χ0) is 17.6. The molecule has 2 amide bonds. The van der Waals surface area contributed by atoms with Gasteiger partial charge in [-0.3, -0.25) is 0 Å². The highest BCUT2D eigenvalue weighted by Crippen LogP contribution is 2.31. The van der Waals surface area contributed by atoms with Crippen LogP contribution in [0.25, 0.3) is 11.4 Å². The fraction of sp³-hybridized carbons (Fsp3) is 0.500. The van der Waals surface area contributed by atoms with Gasteiger partial charge >= 0.3 is 6.03 Å². The van der Waals surface area contributed by atoms with E-state index in [1.807, 2.05) is 29.2 Å². The number of rotatable bonds is 5. The Morgan fingerprint density at radius 3 is 2.92 bits per heavy atom. The lowest BCUT2D eigenvalue weighted by Gasteiger charge is -2.33.